The molecule has 2 aromatic carbocycles. The third kappa shape index (κ3) is 11.3. The molecule has 324 valence electrons. The third-order valence-corrected chi connectivity index (χ3v) is 11.4. The van der Waals surface area contributed by atoms with E-state index in [0.717, 1.165) is 59.8 Å². The van der Waals surface area contributed by atoms with Crippen molar-refractivity contribution >= 4 is 95.9 Å². The van der Waals surface area contributed by atoms with E-state index < -0.39 is 0 Å². The van der Waals surface area contributed by atoms with Crippen molar-refractivity contribution in [2.45, 2.75) is 25.7 Å². The van der Waals surface area contributed by atoms with Gasteiger partial charge in [-0.15, -0.1) is 22.7 Å². The Balaban J connectivity index is 0.000000173. The van der Waals surface area contributed by atoms with E-state index >= 15 is 0 Å². The number of hydrogen-bond donors (Lipinski definition) is 3. The van der Waals surface area contributed by atoms with Crippen molar-refractivity contribution in [3.63, 3.8) is 0 Å². The summed E-state index contributed by atoms with van der Waals surface area (Å²) in [4.78, 5) is 52.7. The van der Waals surface area contributed by atoms with Crippen LogP contribution in [0.5, 0.6) is 23.0 Å². The summed E-state index contributed by atoms with van der Waals surface area (Å²) >= 11 is 8.80. The van der Waals surface area contributed by atoms with Crippen LogP contribution in [-0.4, -0.2) is 111 Å². The first-order valence-electron chi connectivity index (χ1n) is 19.2. The number of halogens is 1. The number of fused-ring (bicyclic) bond motifs is 2. The molecule has 2 aliphatic heterocycles. The van der Waals surface area contributed by atoms with Crippen LogP contribution in [0.1, 0.15) is 25.7 Å². The number of carbonyl (C=O) groups excluding carboxylic acids is 2. The van der Waals surface area contributed by atoms with Gasteiger partial charge in [0.25, 0.3) is 0 Å². The molecule has 0 unspecified atom stereocenters. The maximum absolute atomic E-state index is 11.8. The molecule has 0 radical (unpaired) electrons. The average molecular weight is 895 g/mol. The molecule has 2 saturated heterocycles. The molecule has 0 amide bonds. The molecule has 8 rings (SSSR count). The Morgan fingerprint density at radius 2 is 1.13 bits per heavy atom. The van der Waals surface area contributed by atoms with Crippen LogP contribution in [0.3, 0.4) is 0 Å². The number of hydrogen-bond acceptors (Lipinski definition) is 20. The number of methoxy groups -OCH3 is 6. The molecule has 6 heterocycles. The summed E-state index contributed by atoms with van der Waals surface area (Å²) in [7, 11) is 9.26. The SMILES string of the molecule is COC(=O)C1CCN(c2nc(Nc3ccc(OC)c(OC)c3)c3ncsc3n2)CC1.COC(=O)C1CCNCC1.COc1ccc(Nc2nc(Cl)nc3scnc23)cc1OC. The Bertz CT molecular complexity index is 2410. The van der Waals surface area contributed by atoms with E-state index in [1.165, 1.54) is 36.9 Å². The number of benzene rings is 2. The topological polar surface area (TPSA) is 206 Å². The molecule has 3 N–H and O–H groups in total. The van der Waals surface area contributed by atoms with E-state index in [1.807, 2.05) is 36.4 Å². The van der Waals surface area contributed by atoms with Crippen molar-refractivity contribution in [2.24, 2.45) is 11.8 Å². The van der Waals surface area contributed by atoms with Crippen LogP contribution in [-0.2, 0) is 19.1 Å². The lowest BCUT2D eigenvalue weighted by atomic mass is 9.97. The first kappa shape index (κ1) is 44.7. The maximum atomic E-state index is 11.8. The fourth-order valence-electron chi connectivity index (χ4n) is 6.61. The number of esters is 2. The van der Waals surface area contributed by atoms with Gasteiger partial charge in [0.2, 0.25) is 11.2 Å². The zero-order valence-corrected chi connectivity index (χ0v) is 36.9. The number of ether oxygens (including phenoxy) is 6. The second kappa shape index (κ2) is 21.6. The fourth-order valence-corrected chi connectivity index (χ4v) is 8.14. The molecular formula is C40H47ClN10O8S2. The van der Waals surface area contributed by atoms with Gasteiger partial charge in [-0.3, -0.25) is 9.59 Å². The highest BCUT2D eigenvalue weighted by Crippen LogP contribution is 2.35. The van der Waals surface area contributed by atoms with Crippen LogP contribution < -0.4 is 39.8 Å². The van der Waals surface area contributed by atoms with Gasteiger partial charge in [-0.1, -0.05) is 0 Å². The number of aromatic nitrogens is 6. The van der Waals surface area contributed by atoms with Gasteiger partial charge in [-0.2, -0.15) is 15.0 Å². The minimum absolute atomic E-state index is 0.0542. The van der Waals surface area contributed by atoms with E-state index in [2.05, 4.69) is 50.5 Å². The number of anilines is 5. The second-order valence-corrected chi connectivity index (χ2v) is 15.5. The number of nitrogens with one attached hydrogen (secondary N) is 3. The van der Waals surface area contributed by atoms with E-state index in [-0.39, 0.29) is 29.1 Å². The van der Waals surface area contributed by atoms with Gasteiger partial charge in [0.1, 0.15) is 11.0 Å². The summed E-state index contributed by atoms with van der Waals surface area (Å²) in [6.07, 6.45) is 3.28. The van der Waals surface area contributed by atoms with Crippen molar-refractivity contribution in [2.75, 3.05) is 84.4 Å². The summed E-state index contributed by atoms with van der Waals surface area (Å²) in [5, 5.41) is 9.87. The van der Waals surface area contributed by atoms with Crippen molar-refractivity contribution in [1.29, 1.82) is 0 Å². The Labute approximate surface area is 365 Å². The Hall–Kier alpha value is -5.83. The number of nitrogens with zero attached hydrogens (tertiary/aromatic N) is 7. The van der Waals surface area contributed by atoms with E-state index in [9.17, 15) is 9.59 Å². The van der Waals surface area contributed by atoms with Crippen molar-refractivity contribution in [3.8, 4) is 23.0 Å². The minimum atomic E-state index is -0.149. The number of carbonyl (C=O) groups is 2. The molecule has 4 aromatic heterocycles. The Morgan fingerprint density at radius 3 is 1.62 bits per heavy atom. The van der Waals surface area contributed by atoms with E-state index in [0.29, 0.717) is 64.7 Å². The number of rotatable bonds is 11. The predicted octanol–water partition coefficient (Wildman–Crippen LogP) is 6.90. The largest absolute Gasteiger partial charge is 0.493 e. The van der Waals surface area contributed by atoms with E-state index in [4.69, 9.17) is 40.3 Å². The lowest BCUT2D eigenvalue weighted by molar-refractivity contribution is -0.147. The summed E-state index contributed by atoms with van der Waals surface area (Å²) < 4.78 is 30.7. The molecule has 0 aliphatic carbocycles. The third-order valence-electron chi connectivity index (χ3n) is 9.84. The molecule has 61 heavy (non-hydrogen) atoms. The van der Waals surface area contributed by atoms with Gasteiger partial charge in [0.05, 0.1) is 65.5 Å². The molecule has 0 bridgehead atoms. The lowest BCUT2D eigenvalue weighted by Crippen LogP contribution is -2.37. The van der Waals surface area contributed by atoms with Crippen LogP contribution in [0, 0.1) is 11.8 Å². The summed E-state index contributed by atoms with van der Waals surface area (Å²) in [6, 6.07) is 11.0. The highest BCUT2D eigenvalue weighted by atomic mass is 35.5. The molecule has 6 aromatic rings. The van der Waals surface area contributed by atoms with Gasteiger partial charge >= 0.3 is 11.9 Å². The van der Waals surface area contributed by atoms with Crippen LogP contribution in [0.25, 0.3) is 20.7 Å². The Kier molecular flexibility index (Phi) is 15.8. The van der Waals surface area contributed by atoms with Crippen LogP contribution in [0.15, 0.2) is 47.4 Å². The highest BCUT2D eigenvalue weighted by Gasteiger charge is 2.28. The molecule has 0 atom stereocenters. The zero-order valence-electron chi connectivity index (χ0n) is 34.5. The second-order valence-electron chi connectivity index (χ2n) is 13.4. The lowest BCUT2D eigenvalue weighted by Gasteiger charge is -2.30. The Morgan fingerprint density at radius 1 is 0.656 bits per heavy atom. The van der Waals surface area contributed by atoms with E-state index in [1.54, 1.807) is 39.5 Å². The quantitative estimate of drug-likeness (QED) is 0.0894. The molecule has 2 aliphatic rings. The summed E-state index contributed by atoms with van der Waals surface area (Å²) in [5.41, 5.74) is 6.44. The molecule has 0 spiro atoms. The molecular weight excluding hydrogens is 848 g/mol. The van der Waals surface area contributed by atoms with Gasteiger partial charge < -0.3 is 49.3 Å². The maximum Gasteiger partial charge on any atom is 0.308 e. The smallest absolute Gasteiger partial charge is 0.308 e. The number of piperidine rings is 2. The van der Waals surface area contributed by atoms with Crippen molar-refractivity contribution in [3.05, 3.63) is 52.7 Å². The van der Waals surface area contributed by atoms with Gasteiger partial charge in [0, 0.05) is 36.6 Å². The van der Waals surface area contributed by atoms with Crippen LogP contribution in [0.2, 0.25) is 5.28 Å². The zero-order chi connectivity index (χ0) is 43.3. The summed E-state index contributed by atoms with van der Waals surface area (Å²) in [5.74, 6) is 4.23. The standard InChI is InChI=1S/C20H23N5O4S.C13H11ClN4O2S.C7H13NO2/c1-27-14-5-4-13(10-15(14)28-2)22-17-16-18(30-11-21-16)24-20(23-17)25-8-6-12(7-9-25)19(26)29-3;1-19-8-4-3-7(5-9(8)20-2)16-11-10-12(21-6-15-10)18-13(14)17-11;1-10-7(9)6-2-4-8-5-3-6/h4-5,10-12H,6-9H2,1-3H3,(H,22,23,24);3-6H,1-2H3,(H,16,17,18);6,8H,2-5H2,1H3. The van der Waals surface area contributed by atoms with Gasteiger partial charge in [0.15, 0.2) is 44.3 Å². The first-order valence-corrected chi connectivity index (χ1v) is 21.3. The number of thiazole rings is 2. The summed E-state index contributed by atoms with van der Waals surface area (Å²) in [6.45, 7) is 3.28. The van der Waals surface area contributed by atoms with Gasteiger partial charge in [-0.05, 0) is 74.6 Å². The minimum Gasteiger partial charge on any atom is -0.493 e. The monoisotopic (exact) mass is 894 g/mol. The van der Waals surface area contributed by atoms with Crippen LogP contribution in [0.4, 0.5) is 29.0 Å². The molecule has 18 nitrogen and oxygen atoms in total. The molecule has 2 fully saturated rings. The molecule has 21 heteroatoms. The highest BCUT2D eigenvalue weighted by molar-refractivity contribution is 7.16. The average Bonchev–Trinajstić information content (AvgIpc) is 4.00. The van der Waals surface area contributed by atoms with Crippen LogP contribution >= 0.6 is 34.3 Å². The normalized spacial score (nSPS) is 14.2. The fraction of sp³-hybridized carbons (Fsp3) is 0.400. The first-order chi connectivity index (χ1) is 29.7. The van der Waals surface area contributed by atoms with Gasteiger partial charge in [-0.25, -0.2) is 15.0 Å². The predicted molar refractivity (Wildman–Crippen MR) is 236 cm³/mol. The van der Waals surface area contributed by atoms with Crippen molar-refractivity contribution < 1.29 is 38.0 Å². The molecule has 0 saturated carbocycles. The van der Waals surface area contributed by atoms with Crippen molar-refractivity contribution in [1.82, 2.24) is 35.2 Å².